The number of amides is 4. The smallest absolute Gasteiger partial charge is 0.321 e. The van der Waals surface area contributed by atoms with Crippen molar-refractivity contribution in [2.45, 2.75) is 26.0 Å². The molecule has 0 aliphatic carbocycles. The minimum absolute atomic E-state index is 0.0951. The molecule has 1 aliphatic heterocycles. The third-order valence-electron chi connectivity index (χ3n) is 6.88. The number of hydrogen-bond acceptors (Lipinski definition) is 8. The van der Waals surface area contributed by atoms with Gasteiger partial charge >= 0.3 is 6.03 Å². The van der Waals surface area contributed by atoms with E-state index in [1.165, 1.54) is 23.5 Å². The lowest BCUT2D eigenvalue weighted by Crippen LogP contribution is -2.50. The zero-order valence-electron chi connectivity index (χ0n) is 23.4. The lowest BCUT2D eigenvalue weighted by atomic mass is 9.99. The van der Waals surface area contributed by atoms with Crippen LogP contribution in [-0.4, -0.2) is 88.7 Å². The van der Waals surface area contributed by atoms with Gasteiger partial charge in [-0.2, -0.15) is 0 Å². The lowest BCUT2D eigenvalue weighted by Gasteiger charge is -2.38. The van der Waals surface area contributed by atoms with Gasteiger partial charge in [0.2, 0.25) is 0 Å². The maximum Gasteiger partial charge on any atom is 0.321 e. The molecule has 216 valence electrons. The first-order valence-electron chi connectivity index (χ1n) is 13.2. The predicted octanol–water partition coefficient (Wildman–Crippen LogP) is 3.12. The second kappa shape index (κ2) is 13.1. The second-order valence-corrected chi connectivity index (χ2v) is 9.89. The fourth-order valence-corrected chi connectivity index (χ4v) is 4.41. The summed E-state index contributed by atoms with van der Waals surface area (Å²) in [6.07, 6.45) is 3.63. The number of ether oxygens (including phenoxy) is 2. The van der Waals surface area contributed by atoms with Gasteiger partial charge in [-0.3, -0.25) is 14.6 Å². The van der Waals surface area contributed by atoms with Crippen molar-refractivity contribution in [3.8, 4) is 11.5 Å². The van der Waals surface area contributed by atoms with Crippen LogP contribution in [0.15, 0.2) is 61.1 Å². The number of urea groups is 1. The van der Waals surface area contributed by atoms with Crippen LogP contribution in [0.25, 0.3) is 0 Å². The first kappa shape index (κ1) is 29.3. The Bertz CT molecular complexity index is 1370. The molecule has 2 aromatic carbocycles. The molecular weight excluding hydrogens is 528 g/mol. The molecule has 4 amide bonds. The summed E-state index contributed by atoms with van der Waals surface area (Å²) in [5.74, 6) is -0.268. The van der Waals surface area contributed by atoms with E-state index in [2.05, 4.69) is 20.6 Å². The number of rotatable bonds is 8. The van der Waals surface area contributed by atoms with Crippen LogP contribution in [-0.2, 0) is 0 Å². The minimum atomic E-state index is -0.573. The monoisotopic (exact) mass is 562 g/mol. The van der Waals surface area contributed by atoms with E-state index in [0.29, 0.717) is 11.4 Å². The highest BCUT2D eigenvalue weighted by Gasteiger charge is 2.35. The van der Waals surface area contributed by atoms with E-state index >= 15 is 0 Å². The van der Waals surface area contributed by atoms with Gasteiger partial charge in [-0.15, -0.1) is 0 Å². The number of hydrogen-bond donors (Lipinski definition) is 3. The highest BCUT2D eigenvalue weighted by atomic mass is 16.5. The second-order valence-electron chi connectivity index (χ2n) is 9.89. The number of likely N-dealkylation sites (N-methyl/N-ethyl adjacent to an activating group) is 1. The molecule has 0 saturated carbocycles. The van der Waals surface area contributed by atoms with Gasteiger partial charge < -0.3 is 35.0 Å². The molecule has 3 aromatic rings. The van der Waals surface area contributed by atoms with Crippen molar-refractivity contribution in [3.05, 3.63) is 72.3 Å². The first-order valence-corrected chi connectivity index (χ1v) is 13.2. The highest BCUT2D eigenvalue weighted by Crippen LogP contribution is 2.35. The Morgan fingerprint density at radius 2 is 1.95 bits per heavy atom. The predicted molar refractivity (Wildman–Crippen MR) is 152 cm³/mol. The number of anilines is 2. The summed E-state index contributed by atoms with van der Waals surface area (Å²) in [4.78, 5) is 50.7. The number of aromatic nitrogens is 2. The number of aliphatic hydroxyl groups is 1. The summed E-state index contributed by atoms with van der Waals surface area (Å²) < 4.78 is 11.6. The average molecular weight is 563 g/mol. The van der Waals surface area contributed by atoms with Gasteiger partial charge in [-0.05, 0) is 43.3 Å². The molecule has 3 N–H and O–H groups in total. The van der Waals surface area contributed by atoms with Gasteiger partial charge in [0.15, 0.2) is 5.75 Å². The van der Waals surface area contributed by atoms with E-state index in [1.807, 2.05) is 6.92 Å². The molecular formula is C29H34N6O6. The zero-order chi connectivity index (χ0) is 29.5. The third kappa shape index (κ3) is 6.90. The SMILES string of the molecule is COc1ccc(NC(=O)N(C)C[C@H]2Oc3c(NC(=O)c4cnccn4)cccc3C(=O)N([C@@H](C)CO)C[C@@H]2C)cc1. The Hall–Kier alpha value is -4.71. The van der Waals surface area contributed by atoms with Crippen LogP contribution in [0.5, 0.6) is 11.5 Å². The molecule has 0 fully saturated rings. The Morgan fingerprint density at radius 1 is 1.20 bits per heavy atom. The molecule has 12 nitrogen and oxygen atoms in total. The molecule has 12 heteroatoms. The molecule has 0 saturated heterocycles. The standard InChI is InChI=1S/C29H34N6O6/c1-18-15-35(19(2)17-36)28(38)22-6-5-7-23(33-27(37)24-14-30-12-13-31-24)26(22)41-25(18)16-34(3)29(39)32-20-8-10-21(40-4)11-9-20/h5-14,18-19,25,36H,15-17H2,1-4H3,(H,32,39)(H,33,37)/t18-,19-,25+/m0/s1. The quantitative estimate of drug-likeness (QED) is 0.380. The Kier molecular flexibility index (Phi) is 9.35. The van der Waals surface area contributed by atoms with Crippen molar-refractivity contribution in [2.24, 2.45) is 5.92 Å². The van der Waals surface area contributed by atoms with E-state index < -0.39 is 18.1 Å². The summed E-state index contributed by atoms with van der Waals surface area (Å²) >= 11 is 0. The van der Waals surface area contributed by atoms with Crippen molar-refractivity contribution in [1.82, 2.24) is 19.8 Å². The lowest BCUT2D eigenvalue weighted by molar-refractivity contribution is 0.0372. The molecule has 0 unspecified atom stereocenters. The van der Waals surface area contributed by atoms with Crippen molar-refractivity contribution < 1.29 is 29.0 Å². The Morgan fingerprint density at radius 3 is 2.61 bits per heavy atom. The van der Waals surface area contributed by atoms with Crippen LogP contribution >= 0.6 is 0 Å². The largest absolute Gasteiger partial charge is 0.497 e. The third-order valence-corrected chi connectivity index (χ3v) is 6.88. The van der Waals surface area contributed by atoms with Gasteiger partial charge in [0.1, 0.15) is 17.5 Å². The fraction of sp³-hybridized carbons (Fsp3) is 0.345. The van der Waals surface area contributed by atoms with Crippen molar-refractivity contribution in [3.63, 3.8) is 0 Å². The molecule has 0 spiro atoms. The van der Waals surface area contributed by atoms with Crippen LogP contribution in [0.2, 0.25) is 0 Å². The topological polar surface area (TPSA) is 146 Å². The number of benzene rings is 2. The van der Waals surface area contributed by atoms with Crippen LogP contribution in [0.3, 0.4) is 0 Å². The minimum Gasteiger partial charge on any atom is -0.497 e. The van der Waals surface area contributed by atoms with Crippen LogP contribution in [0.4, 0.5) is 16.2 Å². The molecule has 4 rings (SSSR count). The normalized spacial score (nSPS) is 17.3. The molecule has 0 bridgehead atoms. The average Bonchev–Trinajstić information content (AvgIpc) is 2.99. The summed E-state index contributed by atoms with van der Waals surface area (Å²) in [6, 6.07) is 11.0. The molecule has 3 atom stereocenters. The Labute approximate surface area is 238 Å². The fourth-order valence-electron chi connectivity index (χ4n) is 4.41. The van der Waals surface area contributed by atoms with E-state index in [9.17, 15) is 19.5 Å². The van der Waals surface area contributed by atoms with Gasteiger partial charge in [0.05, 0.1) is 43.8 Å². The number of carbonyl (C=O) groups excluding carboxylic acids is 3. The van der Waals surface area contributed by atoms with Crippen molar-refractivity contribution >= 4 is 29.2 Å². The van der Waals surface area contributed by atoms with Crippen LogP contribution in [0.1, 0.15) is 34.7 Å². The summed E-state index contributed by atoms with van der Waals surface area (Å²) in [7, 11) is 3.22. The number of nitrogens with zero attached hydrogens (tertiary/aromatic N) is 4. The van der Waals surface area contributed by atoms with E-state index in [0.717, 1.165) is 0 Å². The number of methoxy groups -OCH3 is 1. The van der Waals surface area contributed by atoms with Crippen LogP contribution < -0.4 is 20.1 Å². The molecule has 1 aromatic heterocycles. The summed E-state index contributed by atoms with van der Waals surface area (Å²) in [5.41, 5.74) is 1.19. The van der Waals surface area contributed by atoms with Crippen LogP contribution in [0, 0.1) is 5.92 Å². The summed E-state index contributed by atoms with van der Waals surface area (Å²) in [6.45, 7) is 3.90. The highest BCUT2D eigenvalue weighted by molar-refractivity contribution is 6.06. The zero-order valence-corrected chi connectivity index (χ0v) is 23.4. The number of carbonyl (C=O) groups is 3. The van der Waals surface area contributed by atoms with Gasteiger partial charge in [0, 0.05) is 37.6 Å². The first-order chi connectivity index (χ1) is 19.7. The number of aliphatic hydroxyl groups excluding tert-OH is 1. The van der Waals surface area contributed by atoms with Crippen molar-refractivity contribution in [2.75, 3.05) is 44.5 Å². The number of nitrogens with one attached hydrogen (secondary N) is 2. The van der Waals surface area contributed by atoms with E-state index in [1.54, 1.807) is 68.4 Å². The van der Waals surface area contributed by atoms with E-state index in [4.69, 9.17) is 9.47 Å². The number of para-hydroxylation sites is 1. The van der Waals surface area contributed by atoms with Crippen molar-refractivity contribution in [1.29, 1.82) is 0 Å². The maximum absolute atomic E-state index is 13.6. The molecule has 1 aliphatic rings. The molecule has 2 heterocycles. The summed E-state index contributed by atoms with van der Waals surface area (Å²) in [5, 5.41) is 15.5. The van der Waals surface area contributed by atoms with Gasteiger partial charge in [-0.25, -0.2) is 9.78 Å². The van der Waals surface area contributed by atoms with Gasteiger partial charge in [-0.1, -0.05) is 13.0 Å². The Balaban J connectivity index is 1.62. The van der Waals surface area contributed by atoms with Gasteiger partial charge in [0.25, 0.3) is 11.8 Å². The molecule has 0 radical (unpaired) electrons. The molecule has 41 heavy (non-hydrogen) atoms. The van der Waals surface area contributed by atoms with E-state index in [-0.39, 0.29) is 60.2 Å². The number of fused-ring (bicyclic) bond motifs is 1. The maximum atomic E-state index is 13.6.